The summed E-state index contributed by atoms with van der Waals surface area (Å²) in [6.07, 6.45) is 5.39. The Kier molecular flexibility index (Phi) is 5.15. The molecule has 1 aliphatic rings. The number of ether oxygens (including phenoxy) is 1. The fraction of sp³-hybridized carbons (Fsp3) is 0.647. The molecule has 0 saturated heterocycles. The van der Waals surface area contributed by atoms with E-state index in [4.69, 9.17) is 16.3 Å². The minimum atomic E-state index is 0.153. The highest BCUT2D eigenvalue weighted by atomic mass is 35.5. The quantitative estimate of drug-likeness (QED) is 0.654. The molecule has 2 heteroatoms. The molecule has 1 saturated carbocycles. The average molecular weight is 281 g/mol. The zero-order valence-corrected chi connectivity index (χ0v) is 13.0. The Morgan fingerprint density at radius 3 is 2.16 bits per heavy atom. The first-order valence-electron chi connectivity index (χ1n) is 7.47. The summed E-state index contributed by atoms with van der Waals surface area (Å²) in [6.45, 7) is 6.43. The molecular weight excluding hydrogens is 256 g/mol. The summed E-state index contributed by atoms with van der Waals surface area (Å²) in [7, 11) is 0. The Morgan fingerprint density at radius 2 is 1.63 bits per heavy atom. The molecule has 1 nitrogen and oxygen atoms in total. The van der Waals surface area contributed by atoms with Crippen molar-refractivity contribution in [3.05, 3.63) is 29.8 Å². The standard InChI is InChI=1S/C17H25ClO/c1-12(2)19-16-10-8-15(9-11-16)17(18)14-6-4-13(3)5-7-14/h8-14,17H,4-7H2,1-3H3. The molecule has 106 valence electrons. The van der Waals surface area contributed by atoms with Crippen LogP contribution in [0.4, 0.5) is 0 Å². The molecular formula is C17H25ClO. The van der Waals surface area contributed by atoms with E-state index >= 15 is 0 Å². The zero-order chi connectivity index (χ0) is 13.8. The van der Waals surface area contributed by atoms with Crippen LogP contribution >= 0.6 is 11.6 Å². The number of rotatable bonds is 4. The van der Waals surface area contributed by atoms with Gasteiger partial charge in [-0.05, 0) is 56.2 Å². The van der Waals surface area contributed by atoms with E-state index in [2.05, 4.69) is 19.1 Å². The van der Waals surface area contributed by atoms with Gasteiger partial charge in [-0.15, -0.1) is 11.6 Å². The molecule has 1 atom stereocenters. The van der Waals surface area contributed by atoms with Gasteiger partial charge in [0, 0.05) is 0 Å². The van der Waals surface area contributed by atoms with Crippen molar-refractivity contribution in [2.24, 2.45) is 11.8 Å². The lowest BCUT2D eigenvalue weighted by atomic mass is 9.80. The molecule has 0 N–H and O–H groups in total. The number of benzene rings is 1. The number of hydrogen-bond donors (Lipinski definition) is 0. The van der Waals surface area contributed by atoms with Gasteiger partial charge >= 0.3 is 0 Å². The van der Waals surface area contributed by atoms with Crippen molar-refractivity contribution >= 4 is 11.6 Å². The second-order valence-electron chi connectivity index (χ2n) is 6.16. The van der Waals surface area contributed by atoms with E-state index < -0.39 is 0 Å². The summed E-state index contributed by atoms with van der Waals surface area (Å²) < 4.78 is 5.67. The lowest BCUT2D eigenvalue weighted by molar-refractivity contribution is 0.242. The van der Waals surface area contributed by atoms with Crippen LogP contribution in [-0.4, -0.2) is 6.10 Å². The summed E-state index contributed by atoms with van der Waals surface area (Å²) in [5.74, 6) is 2.44. The Bertz CT molecular complexity index is 377. The summed E-state index contributed by atoms with van der Waals surface area (Å²) >= 11 is 6.65. The summed E-state index contributed by atoms with van der Waals surface area (Å²) in [5.41, 5.74) is 1.23. The molecule has 0 heterocycles. The van der Waals surface area contributed by atoms with Crippen LogP contribution in [0.15, 0.2) is 24.3 Å². The number of alkyl halides is 1. The fourth-order valence-corrected chi connectivity index (χ4v) is 3.25. The minimum absolute atomic E-state index is 0.153. The van der Waals surface area contributed by atoms with E-state index in [9.17, 15) is 0 Å². The molecule has 0 spiro atoms. The largest absolute Gasteiger partial charge is 0.491 e. The van der Waals surface area contributed by atoms with Crippen molar-refractivity contribution in [3.8, 4) is 5.75 Å². The molecule has 1 aliphatic carbocycles. The second kappa shape index (κ2) is 6.65. The first-order chi connectivity index (χ1) is 9.06. The molecule has 0 radical (unpaired) electrons. The fourth-order valence-electron chi connectivity index (χ4n) is 2.85. The van der Waals surface area contributed by atoms with Gasteiger partial charge in [-0.25, -0.2) is 0 Å². The highest BCUT2D eigenvalue weighted by molar-refractivity contribution is 6.21. The van der Waals surface area contributed by atoms with Crippen molar-refractivity contribution in [2.45, 2.75) is 57.9 Å². The van der Waals surface area contributed by atoms with E-state index in [0.717, 1.165) is 11.7 Å². The minimum Gasteiger partial charge on any atom is -0.491 e. The normalized spacial score (nSPS) is 25.3. The third-order valence-electron chi connectivity index (χ3n) is 4.04. The van der Waals surface area contributed by atoms with Crippen molar-refractivity contribution in [1.82, 2.24) is 0 Å². The summed E-state index contributed by atoms with van der Waals surface area (Å²) in [4.78, 5) is 0. The van der Waals surface area contributed by atoms with Crippen molar-refractivity contribution < 1.29 is 4.74 Å². The molecule has 1 unspecified atom stereocenters. The van der Waals surface area contributed by atoms with E-state index in [1.54, 1.807) is 0 Å². The maximum absolute atomic E-state index is 6.65. The Labute approximate surface area is 122 Å². The van der Waals surface area contributed by atoms with Crippen LogP contribution in [0, 0.1) is 11.8 Å². The molecule has 1 aromatic rings. The highest BCUT2D eigenvalue weighted by Crippen LogP contribution is 2.40. The van der Waals surface area contributed by atoms with Gasteiger partial charge in [0.15, 0.2) is 0 Å². The molecule has 2 rings (SSSR count). The highest BCUT2D eigenvalue weighted by Gasteiger charge is 2.25. The van der Waals surface area contributed by atoms with Crippen LogP contribution in [0.25, 0.3) is 0 Å². The van der Waals surface area contributed by atoms with Gasteiger partial charge < -0.3 is 4.74 Å². The van der Waals surface area contributed by atoms with E-state index in [0.29, 0.717) is 5.92 Å². The van der Waals surface area contributed by atoms with Crippen molar-refractivity contribution in [3.63, 3.8) is 0 Å². The predicted octanol–water partition coefficient (Wildman–Crippen LogP) is 5.58. The van der Waals surface area contributed by atoms with E-state index in [-0.39, 0.29) is 11.5 Å². The topological polar surface area (TPSA) is 9.23 Å². The predicted molar refractivity (Wildman–Crippen MR) is 81.9 cm³/mol. The third kappa shape index (κ3) is 4.14. The Hall–Kier alpha value is -0.690. The van der Waals surface area contributed by atoms with Crippen LogP contribution in [0.3, 0.4) is 0 Å². The van der Waals surface area contributed by atoms with Crippen LogP contribution in [0.5, 0.6) is 5.75 Å². The number of hydrogen-bond acceptors (Lipinski definition) is 1. The van der Waals surface area contributed by atoms with Crippen LogP contribution < -0.4 is 4.74 Å². The zero-order valence-electron chi connectivity index (χ0n) is 12.2. The van der Waals surface area contributed by atoms with Gasteiger partial charge in [-0.3, -0.25) is 0 Å². The molecule has 1 aromatic carbocycles. The molecule has 0 bridgehead atoms. The van der Waals surface area contributed by atoms with Crippen LogP contribution in [-0.2, 0) is 0 Å². The van der Waals surface area contributed by atoms with E-state index in [1.807, 2.05) is 26.0 Å². The number of halogens is 1. The van der Waals surface area contributed by atoms with Gasteiger partial charge in [0.1, 0.15) is 5.75 Å². The first kappa shape index (κ1) is 14.7. The average Bonchev–Trinajstić information content (AvgIpc) is 2.39. The molecule has 1 fully saturated rings. The smallest absolute Gasteiger partial charge is 0.119 e. The van der Waals surface area contributed by atoms with Crippen LogP contribution in [0.1, 0.15) is 57.4 Å². The second-order valence-corrected chi connectivity index (χ2v) is 6.63. The summed E-state index contributed by atoms with van der Waals surface area (Å²) in [5, 5.41) is 0.153. The lowest BCUT2D eigenvalue weighted by Crippen LogP contribution is -2.16. The van der Waals surface area contributed by atoms with Gasteiger partial charge in [0.25, 0.3) is 0 Å². The van der Waals surface area contributed by atoms with Gasteiger partial charge in [0.05, 0.1) is 11.5 Å². The van der Waals surface area contributed by atoms with Gasteiger partial charge in [-0.2, -0.15) is 0 Å². The van der Waals surface area contributed by atoms with E-state index in [1.165, 1.54) is 31.2 Å². The Balaban J connectivity index is 1.97. The van der Waals surface area contributed by atoms with Crippen molar-refractivity contribution in [2.75, 3.05) is 0 Å². The maximum Gasteiger partial charge on any atom is 0.119 e. The van der Waals surface area contributed by atoms with Gasteiger partial charge in [0.2, 0.25) is 0 Å². The van der Waals surface area contributed by atoms with Crippen molar-refractivity contribution in [1.29, 1.82) is 0 Å². The first-order valence-corrected chi connectivity index (χ1v) is 7.90. The van der Waals surface area contributed by atoms with Gasteiger partial charge in [-0.1, -0.05) is 31.9 Å². The lowest BCUT2D eigenvalue weighted by Gasteiger charge is -2.29. The molecule has 0 aromatic heterocycles. The molecule has 0 aliphatic heterocycles. The molecule has 0 amide bonds. The third-order valence-corrected chi connectivity index (χ3v) is 4.65. The SMILES string of the molecule is CC1CCC(C(Cl)c2ccc(OC(C)C)cc2)CC1. The summed E-state index contributed by atoms with van der Waals surface area (Å²) in [6, 6.07) is 8.31. The molecule has 19 heavy (non-hydrogen) atoms. The Morgan fingerprint density at radius 1 is 1.05 bits per heavy atom. The van der Waals surface area contributed by atoms with Crippen LogP contribution in [0.2, 0.25) is 0 Å². The maximum atomic E-state index is 6.65. The monoisotopic (exact) mass is 280 g/mol.